The fraction of sp³-hybridized carbons (Fsp3) is 0.615. The summed E-state index contributed by atoms with van der Waals surface area (Å²) in [5, 5.41) is 2.92. The number of aryl methyl sites for hydroxylation is 1. The highest BCUT2D eigenvalue weighted by molar-refractivity contribution is 5.81. The highest BCUT2D eigenvalue weighted by Crippen LogP contribution is 2.22. The van der Waals surface area contributed by atoms with E-state index in [4.69, 9.17) is 0 Å². The van der Waals surface area contributed by atoms with Crippen molar-refractivity contribution in [1.29, 1.82) is 0 Å². The van der Waals surface area contributed by atoms with Crippen LogP contribution in [-0.4, -0.2) is 15.9 Å². The Balaban J connectivity index is 2.54. The van der Waals surface area contributed by atoms with Crippen molar-refractivity contribution in [2.45, 2.75) is 47.1 Å². The van der Waals surface area contributed by atoms with E-state index in [-0.39, 0.29) is 11.3 Å². The molecule has 0 radical (unpaired) electrons. The Bertz CT molecular complexity index is 388. The summed E-state index contributed by atoms with van der Waals surface area (Å²) < 4.78 is 0. The number of carbonyl (C=O) groups is 1. The van der Waals surface area contributed by atoms with Crippen molar-refractivity contribution in [3.63, 3.8) is 0 Å². The van der Waals surface area contributed by atoms with E-state index < -0.39 is 0 Å². The number of hydrogen-bond donors (Lipinski definition) is 1. The summed E-state index contributed by atoms with van der Waals surface area (Å²) in [6, 6.07) is 1.82. The zero-order chi connectivity index (χ0) is 12.9. The second-order valence-corrected chi connectivity index (χ2v) is 4.91. The van der Waals surface area contributed by atoms with Crippen LogP contribution in [0.3, 0.4) is 0 Å². The van der Waals surface area contributed by atoms with Gasteiger partial charge in [0.2, 0.25) is 5.91 Å². The second-order valence-electron chi connectivity index (χ2n) is 4.91. The SMILES string of the molecule is CCCC(C)(C)C(=O)NCc1ccnc(C)n1. The lowest BCUT2D eigenvalue weighted by Gasteiger charge is -2.22. The van der Waals surface area contributed by atoms with E-state index in [1.807, 2.05) is 26.8 Å². The molecular weight excluding hydrogens is 214 g/mol. The number of rotatable bonds is 5. The van der Waals surface area contributed by atoms with Crippen molar-refractivity contribution in [1.82, 2.24) is 15.3 Å². The Hall–Kier alpha value is -1.45. The summed E-state index contributed by atoms with van der Waals surface area (Å²) in [6.45, 7) is 8.33. The van der Waals surface area contributed by atoms with Crippen LogP contribution in [0.4, 0.5) is 0 Å². The maximum Gasteiger partial charge on any atom is 0.225 e. The molecular formula is C13H21N3O. The first kappa shape index (κ1) is 13.6. The summed E-state index contributed by atoms with van der Waals surface area (Å²) in [7, 11) is 0. The molecule has 4 heteroatoms. The van der Waals surface area contributed by atoms with Crippen LogP contribution in [0.2, 0.25) is 0 Å². The standard InChI is InChI=1S/C13H21N3O/c1-5-7-13(3,4)12(17)15-9-11-6-8-14-10(2)16-11/h6,8H,5,7,9H2,1-4H3,(H,15,17). The molecule has 0 aliphatic heterocycles. The van der Waals surface area contributed by atoms with Gasteiger partial charge in [0, 0.05) is 11.6 Å². The molecule has 0 unspecified atom stereocenters. The Morgan fingerprint density at radius 3 is 2.76 bits per heavy atom. The lowest BCUT2D eigenvalue weighted by Crippen LogP contribution is -2.36. The number of nitrogens with zero attached hydrogens (tertiary/aromatic N) is 2. The van der Waals surface area contributed by atoms with Crippen LogP contribution < -0.4 is 5.32 Å². The maximum absolute atomic E-state index is 12.0. The van der Waals surface area contributed by atoms with Gasteiger partial charge in [-0.1, -0.05) is 27.2 Å². The topological polar surface area (TPSA) is 54.9 Å². The minimum Gasteiger partial charge on any atom is -0.350 e. The molecule has 1 heterocycles. The van der Waals surface area contributed by atoms with Gasteiger partial charge >= 0.3 is 0 Å². The van der Waals surface area contributed by atoms with Gasteiger partial charge in [-0.05, 0) is 19.4 Å². The van der Waals surface area contributed by atoms with E-state index in [1.54, 1.807) is 6.20 Å². The molecule has 1 N–H and O–H groups in total. The molecule has 1 rings (SSSR count). The van der Waals surface area contributed by atoms with Gasteiger partial charge < -0.3 is 5.32 Å². The molecule has 1 aromatic rings. The first-order valence-corrected chi connectivity index (χ1v) is 6.02. The highest BCUT2D eigenvalue weighted by atomic mass is 16.2. The molecule has 1 amide bonds. The fourth-order valence-corrected chi connectivity index (χ4v) is 1.75. The van der Waals surface area contributed by atoms with E-state index >= 15 is 0 Å². The molecule has 0 aliphatic rings. The fourth-order valence-electron chi connectivity index (χ4n) is 1.75. The van der Waals surface area contributed by atoms with Crippen molar-refractivity contribution in [2.24, 2.45) is 5.41 Å². The quantitative estimate of drug-likeness (QED) is 0.851. The molecule has 0 saturated heterocycles. The normalized spacial score (nSPS) is 11.3. The molecule has 4 nitrogen and oxygen atoms in total. The zero-order valence-electron chi connectivity index (χ0n) is 11.1. The molecule has 0 aromatic carbocycles. The van der Waals surface area contributed by atoms with Crippen molar-refractivity contribution in [3.05, 3.63) is 23.8 Å². The summed E-state index contributed by atoms with van der Waals surface area (Å²) in [5.74, 6) is 0.806. The summed E-state index contributed by atoms with van der Waals surface area (Å²) in [5.41, 5.74) is 0.537. The van der Waals surface area contributed by atoms with E-state index in [9.17, 15) is 4.79 Å². The van der Waals surface area contributed by atoms with Crippen molar-refractivity contribution in [3.8, 4) is 0 Å². The summed E-state index contributed by atoms with van der Waals surface area (Å²) in [6.07, 6.45) is 3.61. The third kappa shape index (κ3) is 4.13. The van der Waals surface area contributed by atoms with Gasteiger partial charge in [-0.3, -0.25) is 4.79 Å². The van der Waals surface area contributed by atoms with Gasteiger partial charge in [0.1, 0.15) is 5.82 Å². The van der Waals surface area contributed by atoms with E-state index in [2.05, 4.69) is 22.2 Å². The summed E-state index contributed by atoms with van der Waals surface area (Å²) >= 11 is 0. The monoisotopic (exact) mass is 235 g/mol. The van der Waals surface area contributed by atoms with Crippen LogP contribution in [0, 0.1) is 12.3 Å². The molecule has 0 saturated carbocycles. The smallest absolute Gasteiger partial charge is 0.225 e. The number of carbonyl (C=O) groups excluding carboxylic acids is 1. The average molecular weight is 235 g/mol. The second kappa shape index (κ2) is 5.75. The largest absolute Gasteiger partial charge is 0.350 e. The van der Waals surface area contributed by atoms with E-state index in [1.165, 1.54) is 0 Å². The molecule has 0 spiro atoms. The van der Waals surface area contributed by atoms with Crippen LogP contribution in [-0.2, 0) is 11.3 Å². The predicted octanol–water partition coefficient (Wildman–Crippen LogP) is 2.23. The Morgan fingerprint density at radius 2 is 2.18 bits per heavy atom. The Labute approximate surface area is 103 Å². The number of nitrogens with one attached hydrogen (secondary N) is 1. The van der Waals surface area contributed by atoms with E-state index in [0.717, 1.165) is 24.4 Å². The summed E-state index contributed by atoms with van der Waals surface area (Å²) in [4.78, 5) is 20.2. The van der Waals surface area contributed by atoms with Gasteiger partial charge in [-0.2, -0.15) is 0 Å². The minimum absolute atomic E-state index is 0.0793. The van der Waals surface area contributed by atoms with Crippen molar-refractivity contribution >= 4 is 5.91 Å². The molecule has 0 aliphatic carbocycles. The molecule has 1 aromatic heterocycles. The minimum atomic E-state index is -0.309. The Kier molecular flexibility index (Phi) is 4.61. The van der Waals surface area contributed by atoms with Crippen LogP contribution >= 0.6 is 0 Å². The first-order chi connectivity index (χ1) is 7.95. The third-order valence-electron chi connectivity index (χ3n) is 2.75. The maximum atomic E-state index is 12.0. The average Bonchev–Trinajstić information content (AvgIpc) is 2.26. The molecule has 17 heavy (non-hydrogen) atoms. The lowest BCUT2D eigenvalue weighted by molar-refractivity contribution is -0.129. The van der Waals surface area contributed by atoms with E-state index in [0.29, 0.717) is 6.54 Å². The highest BCUT2D eigenvalue weighted by Gasteiger charge is 2.25. The molecule has 0 bridgehead atoms. The van der Waals surface area contributed by atoms with Crippen LogP contribution in [0.25, 0.3) is 0 Å². The predicted molar refractivity (Wildman–Crippen MR) is 67.3 cm³/mol. The third-order valence-corrected chi connectivity index (χ3v) is 2.75. The van der Waals surface area contributed by atoms with Gasteiger partial charge in [-0.15, -0.1) is 0 Å². The van der Waals surface area contributed by atoms with Crippen molar-refractivity contribution < 1.29 is 4.79 Å². The van der Waals surface area contributed by atoms with Gasteiger partial charge in [0.25, 0.3) is 0 Å². The number of hydrogen-bond acceptors (Lipinski definition) is 3. The van der Waals surface area contributed by atoms with Crippen LogP contribution in [0.1, 0.15) is 45.1 Å². The number of amides is 1. The van der Waals surface area contributed by atoms with Gasteiger partial charge in [-0.25, -0.2) is 9.97 Å². The van der Waals surface area contributed by atoms with Crippen molar-refractivity contribution in [2.75, 3.05) is 0 Å². The lowest BCUT2D eigenvalue weighted by atomic mass is 9.87. The van der Waals surface area contributed by atoms with Gasteiger partial charge in [0.15, 0.2) is 0 Å². The van der Waals surface area contributed by atoms with Crippen LogP contribution in [0.15, 0.2) is 12.3 Å². The zero-order valence-corrected chi connectivity index (χ0v) is 11.1. The van der Waals surface area contributed by atoms with Crippen LogP contribution in [0.5, 0.6) is 0 Å². The Morgan fingerprint density at radius 1 is 1.47 bits per heavy atom. The number of aromatic nitrogens is 2. The molecule has 0 fully saturated rings. The molecule has 94 valence electrons. The molecule has 0 atom stereocenters. The van der Waals surface area contributed by atoms with Gasteiger partial charge in [0.05, 0.1) is 12.2 Å². The first-order valence-electron chi connectivity index (χ1n) is 6.02.